The van der Waals surface area contributed by atoms with Gasteiger partial charge in [-0.05, 0) is 44.0 Å². The van der Waals surface area contributed by atoms with Crippen LogP contribution >= 0.6 is 11.8 Å². The van der Waals surface area contributed by atoms with Gasteiger partial charge in [-0.1, -0.05) is 0 Å². The maximum absolute atomic E-state index is 5.00. The van der Waals surface area contributed by atoms with Gasteiger partial charge in [0, 0.05) is 12.9 Å². The Morgan fingerprint density at radius 1 is 1.46 bits per heavy atom. The number of thioether (sulfide) groups is 1. The van der Waals surface area contributed by atoms with Crippen molar-refractivity contribution in [2.24, 2.45) is 5.92 Å². The van der Waals surface area contributed by atoms with Crippen molar-refractivity contribution in [1.29, 1.82) is 0 Å². The second kappa shape index (κ2) is 7.65. The maximum atomic E-state index is 5.00. The predicted molar refractivity (Wildman–Crippen MR) is 59.4 cm³/mol. The third-order valence-electron chi connectivity index (χ3n) is 2.50. The molecular weight excluding hydrogens is 182 g/mol. The summed E-state index contributed by atoms with van der Waals surface area (Å²) in [5, 5.41) is 3.45. The molecule has 0 spiro atoms. The first-order valence-electron chi connectivity index (χ1n) is 5.21. The topological polar surface area (TPSA) is 21.3 Å². The standard InChI is InChI=1S/C10H21NOS/c1-12-6-8-13-7-4-10-3-2-5-11-9-10/h10-11H,2-9H2,1H3. The lowest BCUT2D eigenvalue weighted by Crippen LogP contribution is -2.29. The number of nitrogens with one attached hydrogen (secondary N) is 1. The summed E-state index contributed by atoms with van der Waals surface area (Å²) in [4.78, 5) is 0. The van der Waals surface area contributed by atoms with E-state index in [-0.39, 0.29) is 0 Å². The van der Waals surface area contributed by atoms with E-state index in [0.717, 1.165) is 18.3 Å². The lowest BCUT2D eigenvalue weighted by atomic mass is 9.97. The van der Waals surface area contributed by atoms with Crippen LogP contribution in [0, 0.1) is 5.92 Å². The van der Waals surface area contributed by atoms with Gasteiger partial charge in [-0.15, -0.1) is 0 Å². The molecule has 1 atom stereocenters. The zero-order valence-electron chi connectivity index (χ0n) is 8.55. The number of rotatable bonds is 6. The molecule has 1 rings (SSSR count). The number of piperidine rings is 1. The molecule has 0 radical (unpaired) electrons. The molecule has 1 saturated heterocycles. The van der Waals surface area contributed by atoms with Crippen molar-refractivity contribution < 1.29 is 4.74 Å². The van der Waals surface area contributed by atoms with Crippen molar-refractivity contribution in [3.05, 3.63) is 0 Å². The third-order valence-corrected chi connectivity index (χ3v) is 3.48. The Morgan fingerprint density at radius 3 is 3.08 bits per heavy atom. The highest BCUT2D eigenvalue weighted by Gasteiger charge is 2.11. The van der Waals surface area contributed by atoms with E-state index >= 15 is 0 Å². The van der Waals surface area contributed by atoms with E-state index < -0.39 is 0 Å². The molecule has 2 nitrogen and oxygen atoms in total. The van der Waals surface area contributed by atoms with Crippen molar-refractivity contribution in [3.8, 4) is 0 Å². The Kier molecular flexibility index (Phi) is 6.68. The minimum Gasteiger partial charge on any atom is -0.384 e. The van der Waals surface area contributed by atoms with Gasteiger partial charge in [0.2, 0.25) is 0 Å². The van der Waals surface area contributed by atoms with E-state index in [9.17, 15) is 0 Å². The number of hydrogen-bond acceptors (Lipinski definition) is 3. The SMILES string of the molecule is COCCSCCC1CCCNC1. The molecule has 0 aromatic carbocycles. The fourth-order valence-electron chi connectivity index (χ4n) is 1.66. The van der Waals surface area contributed by atoms with E-state index in [1.165, 1.54) is 38.1 Å². The summed E-state index contributed by atoms with van der Waals surface area (Å²) in [6, 6.07) is 0. The van der Waals surface area contributed by atoms with Crippen LogP contribution in [0.25, 0.3) is 0 Å². The Bertz CT molecular complexity index is 115. The van der Waals surface area contributed by atoms with E-state index in [1.807, 2.05) is 11.8 Å². The summed E-state index contributed by atoms with van der Waals surface area (Å²) in [5.74, 6) is 3.38. The Morgan fingerprint density at radius 2 is 2.38 bits per heavy atom. The molecule has 0 amide bonds. The molecule has 3 heteroatoms. The largest absolute Gasteiger partial charge is 0.384 e. The monoisotopic (exact) mass is 203 g/mol. The first-order chi connectivity index (χ1) is 6.43. The molecular formula is C10H21NOS. The summed E-state index contributed by atoms with van der Waals surface area (Å²) in [7, 11) is 1.77. The quantitative estimate of drug-likeness (QED) is 0.665. The summed E-state index contributed by atoms with van der Waals surface area (Å²) >= 11 is 2.02. The highest BCUT2D eigenvalue weighted by atomic mass is 32.2. The Hall–Kier alpha value is 0.270. The molecule has 1 aliphatic rings. The van der Waals surface area contributed by atoms with Crippen LogP contribution in [-0.4, -0.2) is 38.3 Å². The van der Waals surface area contributed by atoms with Crippen LogP contribution in [0.1, 0.15) is 19.3 Å². The van der Waals surface area contributed by atoms with Gasteiger partial charge in [0.15, 0.2) is 0 Å². The van der Waals surface area contributed by atoms with Gasteiger partial charge in [-0.3, -0.25) is 0 Å². The first kappa shape index (κ1) is 11.3. The van der Waals surface area contributed by atoms with Crippen molar-refractivity contribution in [1.82, 2.24) is 5.32 Å². The molecule has 0 aliphatic carbocycles. The van der Waals surface area contributed by atoms with Gasteiger partial charge in [-0.25, -0.2) is 0 Å². The zero-order chi connectivity index (χ0) is 9.36. The highest BCUT2D eigenvalue weighted by molar-refractivity contribution is 7.99. The molecule has 1 aliphatic heterocycles. The molecule has 1 N–H and O–H groups in total. The molecule has 13 heavy (non-hydrogen) atoms. The van der Waals surface area contributed by atoms with Crippen LogP contribution in [0.3, 0.4) is 0 Å². The summed E-state index contributed by atoms with van der Waals surface area (Å²) in [5.41, 5.74) is 0. The van der Waals surface area contributed by atoms with Crippen LogP contribution in [0.5, 0.6) is 0 Å². The Labute approximate surface area is 85.8 Å². The Balaban J connectivity index is 1.86. The van der Waals surface area contributed by atoms with Gasteiger partial charge >= 0.3 is 0 Å². The third kappa shape index (κ3) is 5.55. The van der Waals surface area contributed by atoms with Crippen molar-refractivity contribution >= 4 is 11.8 Å². The molecule has 0 bridgehead atoms. The lowest BCUT2D eigenvalue weighted by molar-refractivity contribution is 0.218. The smallest absolute Gasteiger partial charge is 0.0552 e. The van der Waals surface area contributed by atoms with E-state index in [4.69, 9.17) is 4.74 Å². The summed E-state index contributed by atoms with van der Waals surface area (Å²) in [6.45, 7) is 3.37. The maximum Gasteiger partial charge on any atom is 0.0552 e. The van der Waals surface area contributed by atoms with Crippen LogP contribution in [-0.2, 0) is 4.74 Å². The first-order valence-corrected chi connectivity index (χ1v) is 6.36. The van der Waals surface area contributed by atoms with Gasteiger partial charge in [0.05, 0.1) is 6.61 Å². The molecule has 78 valence electrons. The molecule has 1 fully saturated rings. The fourth-order valence-corrected chi connectivity index (χ4v) is 2.65. The predicted octanol–water partition coefficient (Wildman–Crippen LogP) is 1.76. The minimum absolute atomic E-state index is 0.896. The van der Waals surface area contributed by atoms with Gasteiger partial charge in [-0.2, -0.15) is 11.8 Å². The molecule has 0 aromatic rings. The zero-order valence-corrected chi connectivity index (χ0v) is 9.37. The van der Waals surface area contributed by atoms with Crippen LogP contribution in [0.15, 0.2) is 0 Å². The fraction of sp³-hybridized carbons (Fsp3) is 1.00. The van der Waals surface area contributed by atoms with Crippen LogP contribution < -0.4 is 5.32 Å². The number of hydrogen-bond donors (Lipinski definition) is 1. The van der Waals surface area contributed by atoms with E-state index in [2.05, 4.69) is 5.32 Å². The summed E-state index contributed by atoms with van der Waals surface area (Å²) < 4.78 is 5.00. The van der Waals surface area contributed by atoms with E-state index in [1.54, 1.807) is 7.11 Å². The number of methoxy groups -OCH3 is 1. The summed E-state index contributed by atoms with van der Waals surface area (Å²) in [6.07, 6.45) is 4.17. The van der Waals surface area contributed by atoms with E-state index in [0.29, 0.717) is 0 Å². The normalized spacial score (nSPS) is 23.3. The van der Waals surface area contributed by atoms with Crippen molar-refractivity contribution in [2.45, 2.75) is 19.3 Å². The molecule has 0 aromatic heterocycles. The molecule has 0 saturated carbocycles. The second-order valence-corrected chi connectivity index (χ2v) is 4.83. The van der Waals surface area contributed by atoms with Gasteiger partial charge in [0.1, 0.15) is 0 Å². The minimum atomic E-state index is 0.896. The molecule has 1 unspecified atom stereocenters. The average Bonchev–Trinajstić information content (AvgIpc) is 2.19. The van der Waals surface area contributed by atoms with Crippen molar-refractivity contribution in [3.63, 3.8) is 0 Å². The molecule has 1 heterocycles. The van der Waals surface area contributed by atoms with Crippen LogP contribution in [0.4, 0.5) is 0 Å². The van der Waals surface area contributed by atoms with Crippen LogP contribution in [0.2, 0.25) is 0 Å². The number of ether oxygens (including phenoxy) is 1. The van der Waals surface area contributed by atoms with Gasteiger partial charge < -0.3 is 10.1 Å². The van der Waals surface area contributed by atoms with Crippen molar-refractivity contribution in [2.75, 3.05) is 38.3 Å². The second-order valence-electron chi connectivity index (χ2n) is 3.61. The average molecular weight is 203 g/mol. The highest BCUT2D eigenvalue weighted by Crippen LogP contribution is 2.16. The lowest BCUT2D eigenvalue weighted by Gasteiger charge is -2.22. The van der Waals surface area contributed by atoms with Gasteiger partial charge in [0.25, 0.3) is 0 Å².